The number of carbonyl (C=O) groups excluding carboxylic acids is 1. The number of carbonyl (C=O) groups is 1. The van der Waals surface area contributed by atoms with Crippen LogP contribution in [0, 0.1) is 0 Å². The molecule has 7 heteroatoms. The molecule has 1 atom stereocenters. The molecular weight excluding hydrogens is 474 g/mol. The van der Waals surface area contributed by atoms with E-state index in [1.807, 2.05) is 109 Å². The van der Waals surface area contributed by atoms with Gasteiger partial charge < -0.3 is 20.7 Å². The predicted molar refractivity (Wildman–Crippen MR) is 149 cm³/mol. The Balaban J connectivity index is 1.49. The molecule has 3 N–H and O–H groups in total. The molecule has 4 aromatic rings. The van der Waals surface area contributed by atoms with Crippen LogP contribution in [0.1, 0.15) is 10.8 Å². The first kappa shape index (κ1) is 24.3. The fourth-order valence-corrected chi connectivity index (χ4v) is 4.76. The number of ether oxygens (including phenoxy) is 1. The summed E-state index contributed by atoms with van der Waals surface area (Å²) in [5, 5.41) is 9.43. The molecule has 0 fully saturated rings. The van der Waals surface area contributed by atoms with Crippen molar-refractivity contribution in [1.82, 2.24) is 0 Å². The first-order chi connectivity index (χ1) is 17.1. The van der Waals surface area contributed by atoms with Crippen LogP contribution in [0.3, 0.4) is 0 Å². The molecule has 0 spiro atoms. The number of benzene rings is 4. The number of para-hydroxylation sites is 3. The molecule has 1 amide bonds. The molecule has 0 radical (unpaired) electrons. The van der Waals surface area contributed by atoms with E-state index in [0.717, 1.165) is 27.5 Å². The Morgan fingerprint density at radius 1 is 0.771 bits per heavy atom. The van der Waals surface area contributed by atoms with Crippen molar-refractivity contribution in [2.45, 2.75) is 10.1 Å². The van der Waals surface area contributed by atoms with E-state index < -0.39 is 5.25 Å². The Kier molecular flexibility index (Phi) is 8.38. The third-order valence-electron chi connectivity index (χ3n) is 5.08. The highest BCUT2D eigenvalue weighted by molar-refractivity contribution is 8.00. The van der Waals surface area contributed by atoms with Crippen LogP contribution in [0.25, 0.3) is 0 Å². The minimum atomic E-state index is -0.426. The molecule has 0 aromatic heterocycles. The van der Waals surface area contributed by atoms with Gasteiger partial charge >= 0.3 is 0 Å². The molecule has 0 aliphatic carbocycles. The zero-order valence-corrected chi connectivity index (χ0v) is 20.7. The molecular formula is C28H25N3O2S2. The SMILES string of the molecule is COc1ccccc1NC(=S)Nc1cccc(SC(C(=O)Nc2ccccc2)c2ccccc2)c1. The number of hydrogen-bond donors (Lipinski definition) is 3. The van der Waals surface area contributed by atoms with Crippen molar-refractivity contribution in [3.05, 3.63) is 115 Å². The normalized spacial score (nSPS) is 11.2. The van der Waals surface area contributed by atoms with Crippen molar-refractivity contribution in [3.63, 3.8) is 0 Å². The van der Waals surface area contributed by atoms with Crippen LogP contribution in [0.5, 0.6) is 5.75 Å². The first-order valence-corrected chi connectivity index (χ1v) is 12.3. The van der Waals surface area contributed by atoms with Crippen molar-refractivity contribution in [2.24, 2.45) is 0 Å². The fourth-order valence-electron chi connectivity index (χ4n) is 3.45. The monoisotopic (exact) mass is 499 g/mol. The number of methoxy groups -OCH3 is 1. The summed E-state index contributed by atoms with van der Waals surface area (Å²) in [5.74, 6) is 0.621. The fraction of sp³-hybridized carbons (Fsp3) is 0.0714. The van der Waals surface area contributed by atoms with Crippen molar-refractivity contribution in [3.8, 4) is 5.75 Å². The van der Waals surface area contributed by atoms with Gasteiger partial charge in [0.05, 0.1) is 12.8 Å². The Morgan fingerprint density at radius 2 is 1.43 bits per heavy atom. The summed E-state index contributed by atoms with van der Waals surface area (Å²) in [6, 6.07) is 34.7. The topological polar surface area (TPSA) is 62.4 Å². The maximum absolute atomic E-state index is 13.3. The first-order valence-electron chi connectivity index (χ1n) is 11.0. The van der Waals surface area contributed by atoms with E-state index >= 15 is 0 Å². The van der Waals surface area contributed by atoms with Gasteiger partial charge in [-0.3, -0.25) is 4.79 Å². The van der Waals surface area contributed by atoms with E-state index in [9.17, 15) is 4.79 Å². The Hall–Kier alpha value is -3.81. The predicted octanol–water partition coefficient (Wildman–Crippen LogP) is 6.98. The average molecular weight is 500 g/mol. The van der Waals surface area contributed by atoms with Crippen LogP contribution in [0.4, 0.5) is 17.1 Å². The highest BCUT2D eigenvalue weighted by atomic mass is 32.2. The van der Waals surface area contributed by atoms with Gasteiger partial charge in [-0.2, -0.15) is 0 Å². The van der Waals surface area contributed by atoms with Gasteiger partial charge in [-0.15, -0.1) is 11.8 Å². The lowest BCUT2D eigenvalue weighted by Crippen LogP contribution is -2.20. The van der Waals surface area contributed by atoms with E-state index in [1.54, 1.807) is 7.11 Å². The van der Waals surface area contributed by atoms with Gasteiger partial charge in [0.25, 0.3) is 0 Å². The Morgan fingerprint density at radius 3 is 2.17 bits per heavy atom. The van der Waals surface area contributed by atoms with Gasteiger partial charge in [0, 0.05) is 16.3 Å². The Labute approximate surface area is 214 Å². The minimum Gasteiger partial charge on any atom is -0.495 e. The lowest BCUT2D eigenvalue weighted by Gasteiger charge is -2.18. The summed E-state index contributed by atoms with van der Waals surface area (Å²) in [7, 11) is 1.62. The number of nitrogens with one attached hydrogen (secondary N) is 3. The smallest absolute Gasteiger partial charge is 0.242 e. The van der Waals surface area contributed by atoms with E-state index in [-0.39, 0.29) is 5.91 Å². The largest absolute Gasteiger partial charge is 0.495 e. The van der Waals surface area contributed by atoms with Gasteiger partial charge in [0.1, 0.15) is 11.0 Å². The van der Waals surface area contributed by atoms with Crippen LogP contribution in [-0.4, -0.2) is 18.1 Å². The third kappa shape index (κ3) is 6.85. The van der Waals surface area contributed by atoms with Gasteiger partial charge in [-0.1, -0.05) is 66.7 Å². The van der Waals surface area contributed by atoms with E-state index in [0.29, 0.717) is 10.9 Å². The number of amides is 1. The van der Waals surface area contributed by atoms with Crippen LogP contribution in [0.15, 0.2) is 114 Å². The summed E-state index contributed by atoms with van der Waals surface area (Å²) in [6.07, 6.45) is 0. The van der Waals surface area contributed by atoms with E-state index in [1.165, 1.54) is 11.8 Å². The second-order valence-corrected chi connectivity index (χ2v) is 9.16. The van der Waals surface area contributed by atoms with Crippen LogP contribution in [-0.2, 0) is 4.79 Å². The molecule has 0 saturated heterocycles. The lowest BCUT2D eigenvalue weighted by atomic mass is 10.1. The second-order valence-electron chi connectivity index (χ2n) is 7.57. The van der Waals surface area contributed by atoms with Crippen molar-refractivity contribution < 1.29 is 9.53 Å². The van der Waals surface area contributed by atoms with Gasteiger partial charge in [-0.25, -0.2) is 0 Å². The highest BCUT2D eigenvalue weighted by Gasteiger charge is 2.22. The average Bonchev–Trinajstić information content (AvgIpc) is 2.89. The summed E-state index contributed by atoms with van der Waals surface area (Å²) in [4.78, 5) is 14.2. The zero-order valence-electron chi connectivity index (χ0n) is 19.1. The summed E-state index contributed by atoms with van der Waals surface area (Å²) in [6.45, 7) is 0. The van der Waals surface area contributed by atoms with Crippen LogP contribution < -0.4 is 20.7 Å². The molecule has 176 valence electrons. The van der Waals surface area contributed by atoms with E-state index in [2.05, 4.69) is 16.0 Å². The molecule has 0 heterocycles. The zero-order chi connectivity index (χ0) is 24.5. The second kappa shape index (κ2) is 12.1. The quantitative estimate of drug-likeness (QED) is 0.180. The summed E-state index contributed by atoms with van der Waals surface area (Å²) >= 11 is 6.98. The molecule has 4 aromatic carbocycles. The van der Waals surface area contributed by atoms with Crippen LogP contribution in [0.2, 0.25) is 0 Å². The highest BCUT2D eigenvalue weighted by Crippen LogP contribution is 2.37. The summed E-state index contributed by atoms with van der Waals surface area (Å²) < 4.78 is 5.38. The van der Waals surface area contributed by atoms with Crippen molar-refractivity contribution >= 4 is 52.1 Å². The van der Waals surface area contributed by atoms with Crippen molar-refractivity contribution in [2.75, 3.05) is 23.1 Å². The van der Waals surface area contributed by atoms with Gasteiger partial charge in [-0.05, 0) is 60.2 Å². The number of hydrogen-bond acceptors (Lipinski definition) is 4. The van der Waals surface area contributed by atoms with E-state index in [4.69, 9.17) is 17.0 Å². The molecule has 0 aliphatic heterocycles. The standard InChI is InChI=1S/C28H25N3O2S2/c1-33-25-18-9-8-17-24(25)31-28(34)30-22-15-10-16-23(19-22)35-26(20-11-4-2-5-12-20)27(32)29-21-13-6-3-7-14-21/h2-19,26H,1H3,(H,29,32)(H2,30,31,34). The molecule has 5 nitrogen and oxygen atoms in total. The number of thiocarbonyl (C=S) groups is 1. The molecule has 0 aliphatic rings. The molecule has 0 bridgehead atoms. The molecule has 4 rings (SSSR count). The molecule has 1 unspecified atom stereocenters. The summed E-state index contributed by atoms with van der Waals surface area (Å²) in [5.41, 5.74) is 3.29. The molecule has 0 saturated carbocycles. The minimum absolute atomic E-state index is 0.0841. The number of anilines is 3. The maximum Gasteiger partial charge on any atom is 0.242 e. The number of thioether (sulfide) groups is 1. The molecule has 35 heavy (non-hydrogen) atoms. The van der Waals surface area contributed by atoms with Gasteiger partial charge in [0.2, 0.25) is 5.91 Å². The maximum atomic E-state index is 13.3. The van der Waals surface area contributed by atoms with Crippen LogP contribution >= 0.6 is 24.0 Å². The van der Waals surface area contributed by atoms with Crippen molar-refractivity contribution in [1.29, 1.82) is 0 Å². The number of rotatable bonds is 8. The third-order valence-corrected chi connectivity index (χ3v) is 6.53. The lowest BCUT2D eigenvalue weighted by molar-refractivity contribution is -0.115. The Bertz CT molecular complexity index is 1280. The van der Waals surface area contributed by atoms with Gasteiger partial charge in [0.15, 0.2) is 5.11 Å².